The van der Waals surface area contributed by atoms with E-state index in [1.807, 2.05) is 0 Å². The predicted octanol–water partition coefficient (Wildman–Crippen LogP) is 22.8. The maximum atomic E-state index is 5.51. The highest BCUT2D eigenvalue weighted by Gasteiger charge is 2.41. The number of allylic oxidation sites excluding steroid dienone is 13. The van der Waals surface area contributed by atoms with Gasteiger partial charge in [0.05, 0.1) is 33.4 Å². The van der Waals surface area contributed by atoms with Gasteiger partial charge in [0, 0.05) is 68.4 Å². The summed E-state index contributed by atoms with van der Waals surface area (Å²) < 4.78 is 4.96. The molecule has 0 bridgehead atoms. The quantitative estimate of drug-likeness (QED) is 0.116. The molecular formula is C88H68N6. The first-order valence-electron chi connectivity index (χ1n) is 33.7. The van der Waals surface area contributed by atoms with E-state index in [1.165, 1.54) is 133 Å². The molecule has 6 nitrogen and oxygen atoms in total. The van der Waals surface area contributed by atoms with Crippen LogP contribution in [0, 0.1) is 5.92 Å². The highest BCUT2D eigenvalue weighted by atomic mass is 15.4. The molecule has 94 heavy (non-hydrogen) atoms. The van der Waals surface area contributed by atoms with Gasteiger partial charge in [-0.1, -0.05) is 189 Å². The molecule has 11 aromatic carbocycles. The van der Waals surface area contributed by atoms with E-state index in [0.29, 0.717) is 11.8 Å². The van der Waals surface area contributed by atoms with Crippen molar-refractivity contribution in [3.8, 4) is 39.3 Å². The van der Waals surface area contributed by atoms with Gasteiger partial charge in [0.1, 0.15) is 12.0 Å². The molecule has 5 aliphatic carbocycles. The Labute approximate surface area is 547 Å². The molecule has 6 heteroatoms. The van der Waals surface area contributed by atoms with Crippen molar-refractivity contribution in [1.82, 2.24) is 14.1 Å². The normalized spacial score (nSPS) is 18.0. The maximum absolute atomic E-state index is 5.51. The lowest BCUT2D eigenvalue weighted by Gasteiger charge is -2.35. The van der Waals surface area contributed by atoms with Crippen molar-refractivity contribution in [1.29, 1.82) is 0 Å². The number of para-hydroxylation sites is 2. The summed E-state index contributed by atoms with van der Waals surface area (Å²) in [6, 6.07) is 77.8. The molecule has 6 aliphatic rings. The van der Waals surface area contributed by atoms with Gasteiger partial charge >= 0.3 is 0 Å². The second kappa shape index (κ2) is 21.7. The number of nitrogens with zero attached hydrogens (tertiary/aromatic N) is 5. The van der Waals surface area contributed by atoms with E-state index in [2.05, 4.69) is 311 Å². The van der Waals surface area contributed by atoms with Gasteiger partial charge in [0.15, 0.2) is 0 Å². The Morgan fingerprint density at radius 2 is 1.38 bits per heavy atom. The molecule has 0 fully saturated rings. The average Bonchev–Trinajstić information content (AvgIpc) is 1.49. The summed E-state index contributed by atoms with van der Waals surface area (Å²) in [5.41, 5.74) is 30.5. The number of benzene rings is 11. The number of hydrogen-bond acceptors (Lipinski definition) is 4. The van der Waals surface area contributed by atoms with E-state index in [4.69, 9.17) is 4.98 Å². The maximum Gasteiger partial charge on any atom is 0.145 e. The van der Waals surface area contributed by atoms with Crippen molar-refractivity contribution in [3.05, 3.63) is 306 Å². The summed E-state index contributed by atoms with van der Waals surface area (Å²) in [6.07, 6.45) is 29.8. The molecule has 3 unspecified atom stereocenters. The lowest BCUT2D eigenvalue weighted by molar-refractivity contribution is 0.637. The van der Waals surface area contributed by atoms with Gasteiger partial charge in [-0.3, -0.25) is 4.57 Å². The van der Waals surface area contributed by atoms with Gasteiger partial charge in [-0.05, 0) is 213 Å². The Morgan fingerprint density at radius 3 is 2.24 bits per heavy atom. The second-order valence-corrected chi connectivity index (χ2v) is 26.6. The number of hydrogen-bond donors (Lipinski definition) is 1. The van der Waals surface area contributed by atoms with Gasteiger partial charge in [0.2, 0.25) is 0 Å². The Morgan fingerprint density at radius 1 is 0.585 bits per heavy atom. The van der Waals surface area contributed by atoms with E-state index < -0.39 is 0 Å². The van der Waals surface area contributed by atoms with Crippen molar-refractivity contribution in [3.63, 3.8) is 0 Å². The van der Waals surface area contributed by atoms with Crippen LogP contribution < -0.4 is 15.1 Å². The van der Waals surface area contributed by atoms with Crippen molar-refractivity contribution < 1.29 is 0 Å². The topological polar surface area (TPSA) is 41.3 Å². The van der Waals surface area contributed by atoms with Crippen LogP contribution in [0.3, 0.4) is 0 Å². The van der Waals surface area contributed by atoms with E-state index in [9.17, 15) is 0 Å². The molecule has 13 aromatic rings. The Balaban J connectivity index is 0.752. The molecule has 1 N–H and O–H groups in total. The average molecular weight is 1210 g/mol. The SMILES string of the molecule is CC1Cc2ccc3c(c2-c2ccc(Nc4ccccc4C4=CCC5CC=C=CC5=C4)cc21)N(C1=CC=CCC1)C(c1ccc(-c2cc4ccc5nc(-c6ccccc6)n(C6=CC=CCC6)c5c4c4ccc(-n5c6ccccc6c6c7ccccc7ccc65)cc24)cc1)N3C. The van der Waals surface area contributed by atoms with Crippen LogP contribution in [0.15, 0.2) is 284 Å². The number of imidazole rings is 1. The second-order valence-electron chi connectivity index (χ2n) is 26.6. The Bertz CT molecular complexity index is 5650. The van der Waals surface area contributed by atoms with E-state index in [0.717, 1.165) is 84.4 Å². The van der Waals surface area contributed by atoms with Crippen LogP contribution in [-0.4, -0.2) is 21.2 Å². The van der Waals surface area contributed by atoms with Gasteiger partial charge in [0.25, 0.3) is 0 Å². The van der Waals surface area contributed by atoms with Crippen molar-refractivity contribution in [2.75, 3.05) is 22.2 Å². The summed E-state index contributed by atoms with van der Waals surface area (Å²) in [5.74, 6) is 1.86. The third-order valence-corrected chi connectivity index (χ3v) is 21.2. The molecule has 2 aromatic heterocycles. The fourth-order valence-electron chi connectivity index (χ4n) is 16.8. The molecule has 19 rings (SSSR count). The molecule has 0 radical (unpaired) electrons. The molecule has 0 saturated heterocycles. The summed E-state index contributed by atoms with van der Waals surface area (Å²) in [6.45, 7) is 2.41. The van der Waals surface area contributed by atoms with Crippen molar-refractivity contribution in [2.45, 2.75) is 64.0 Å². The zero-order valence-electron chi connectivity index (χ0n) is 52.8. The molecular weight excluding hydrogens is 1140 g/mol. The minimum absolute atomic E-state index is 0.0735. The van der Waals surface area contributed by atoms with E-state index >= 15 is 0 Å². The Hall–Kier alpha value is -11.2. The molecule has 0 amide bonds. The molecule has 3 atom stereocenters. The van der Waals surface area contributed by atoms with Crippen LogP contribution in [0.1, 0.15) is 79.8 Å². The van der Waals surface area contributed by atoms with Crippen LogP contribution in [-0.2, 0) is 6.42 Å². The summed E-state index contributed by atoms with van der Waals surface area (Å²) >= 11 is 0. The third-order valence-electron chi connectivity index (χ3n) is 21.2. The minimum Gasteiger partial charge on any atom is -0.355 e. The van der Waals surface area contributed by atoms with Crippen LogP contribution >= 0.6 is 0 Å². The number of rotatable bonds is 9. The fourth-order valence-corrected chi connectivity index (χ4v) is 16.8. The predicted molar refractivity (Wildman–Crippen MR) is 395 cm³/mol. The number of aromatic nitrogens is 3. The van der Waals surface area contributed by atoms with Gasteiger partial charge < -0.3 is 19.7 Å². The minimum atomic E-state index is -0.0735. The van der Waals surface area contributed by atoms with Crippen LogP contribution in [0.2, 0.25) is 0 Å². The van der Waals surface area contributed by atoms with Gasteiger partial charge in [-0.2, -0.15) is 0 Å². The molecule has 450 valence electrons. The number of nitrogens with one attached hydrogen (secondary N) is 1. The number of fused-ring (bicyclic) bond motifs is 16. The third kappa shape index (κ3) is 8.59. The summed E-state index contributed by atoms with van der Waals surface area (Å²) in [4.78, 5) is 10.7. The largest absolute Gasteiger partial charge is 0.355 e. The van der Waals surface area contributed by atoms with Crippen LogP contribution in [0.5, 0.6) is 0 Å². The molecule has 0 spiro atoms. The van der Waals surface area contributed by atoms with E-state index in [1.54, 1.807) is 0 Å². The van der Waals surface area contributed by atoms with Gasteiger partial charge in [-0.25, -0.2) is 4.98 Å². The lowest BCUT2D eigenvalue weighted by atomic mass is 9.78. The molecule has 1 aliphatic heterocycles. The van der Waals surface area contributed by atoms with Gasteiger partial charge in [-0.15, -0.1) is 5.73 Å². The summed E-state index contributed by atoms with van der Waals surface area (Å²) in [7, 11) is 2.31. The van der Waals surface area contributed by atoms with Crippen LogP contribution in [0.25, 0.3) is 116 Å². The fraction of sp³-hybridized carbons (Fsp3) is 0.136. The smallest absolute Gasteiger partial charge is 0.145 e. The highest BCUT2D eigenvalue weighted by molar-refractivity contribution is 6.24. The van der Waals surface area contributed by atoms with E-state index in [-0.39, 0.29) is 6.17 Å². The Kier molecular flexibility index (Phi) is 12.6. The zero-order chi connectivity index (χ0) is 62.1. The van der Waals surface area contributed by atoms with Crippen molar-refractivity contribution >= 4 is 99.2 Å². The van der Waals surface area contributed by atoms with Crippen LogP contribution in [0.4, 0.5) is 22.7 Å². The molecule has 3 heterocycles. The highest BCUT2D eigenvalue weighted by Crippen LogP contribution is 2.57. The lowest BCUT2D eigenvalue weighted by Crippen LogP contribution is -2.33. The zero-order valence-corrected chi connectivity index (χ0v) is 52.8. The van der Waals surface area contributed by atoms with Crippen molar-refractivity contribution in [2.24, 2.45) is 5.92 Å². The first-order chi connectivity index (χ1) is 46.5. The number of anilines is 4. The molecule has 0 saturated carbocycles. The first kappa shape index (κ1) is 54.6. The summed E-state index contributed by atoms with van der Waals surface area (Å²) in [5, 5.41) is 13.8. The standard InChI is InChI=1S/C88H68N6/c1-55-50-63-42-49-81-86(83(63)71-45-43-65(53-74(55)71)89-77-32-18-16-29-69(77)62-39-34-56-20-12-13-24-61(56)51-62)94(67-27-10-5-11-28-67)88(91(81)2)60-37-35-58(36-38-60)75-52-64-40-47-78-85(93(66-25-8-4-9-26-66)87(90-78)59-22-6-3-7-23-59)82(64)72-46-44-68(54-76(72)75)92-79-33-19-17-31-73(79)84-70-30-15-14-21-57(70)41-48-80(84)92/h3-8,10,12,14-19,21-25,27,29-33,35-49,51-56,88-89H,9,11,20,26,28,34,50H2,1-2H3. The monoisotopic (exact) mass is 1210 g/mol. The first-order valence-corrected chi connectivity index (χ1v) is 33.7.